The van der Waals surface area contributed by atoms with Gasteiger partial charge in [-0.2, -0.15) is 11.8 Å². The Balaban J connectivity index is 1.98. The average molecular weight is 263 g/mol. The molecule has 94 valence electrons. The molecule has 3 rings (SSSR count). The largest absolute Gasteiger partial charge is 0.478 e. The molecule has 0 aliphatic carbocycles. The first-order valence-electron chi connectivity index (χ1n) is 5.89. The van der Waals surface area contributed by atoms with Gasteiger partial charge in [0.05, 0.1) is 0 Å². The molecule has 18 heavy (non-hydrogen) atoms. The summed E-state index contributed by atoms with van der Waals surface area (Å²) < 4.78 is 1.80. The number of pyridine rings is 1. The van der Waals surface area contributed by atoms with E-state index in [0.29, 0.717) is 11.6 Å². The highest BCUT2D eigenvalue weighted by molar-refractivity contribution is 7.99. The third kappa shape index (κ3) is 1.96. The first-order chi connectivity index (χ1) is 8.75. The zero-order valence-corrected chi connectivity index (χ0v) is 10.6. The van der Waals surface area contributed by atoms with E-state index in [1.54, 1.807) is 16.5 Å². The molecular weight excluding hydrogens is 250 g/mol. The van der Waals surface area contributed by atoms with E-state index in [9.17, 15) is 4.79 Å². The zero-order valence-electron chi connectivity index (χ0n) is 9.74. The van der Waals surface area contributed by atoms with Gasteiger partial charge in [0.15, 0.2) is 5.65 Å². The molecule has 6 heteroatoms. The van der Waals surface area contributed by atoms with E-state index < -0.39 is 5.97 Å². The Bertz CT molecular complexity index is 590. The van der Waals surface area contributed by atoms with Crippen LogP contribution in [0.3, 0.4) is 0 Å². The van der Waals surface area contributed by atoms with Crippen LogP contribution in [0.2, 0.25) is 0 Å². The fourth-order valence-electron chi connectivity index (χ4n) is 2.27. The van der Waals surface area contributed by atoms with Gasteiger partial charge in [-0.05, 0) is 36.0 Å². The summed E-state index contributed by atoms with van der Waals surface area (Å²) in [5.74, 6) is 2.91. The van der Waals surface area contributed by atoms with Crippen LogP contribution in [-0.4, -0.2) is 37.2 Å². The van der Waals surface area contributed by atoms with E-state index in [4.69, 9.17) is 5.11 Å². The minimum Gasteiger partial charge on any atom is -0.478 e. The van der Waals surface area contributed by atoms with Crippen LogP contribution in [0.15, 0.2) is 18.3 Å². The summed E-state index contributed by atoms with van der Waals surface area (Å²) in [5, 5.41) is 17.2. The monoisotopic (exact) mass is 263 g/mol. The molecule has 5 nitrogen and oxygen atoms in total. The molecule has 1 aliphatic rings. The van der Waals surface area contributed by atoms with Crippen LogP contribution in [0.5, 0.6) is 0 Å². The summed E-state index contributed by atoms with van der Waals surface area (Å²) in [4.78, 5) is 11.1. The van der Waals surface area contributed by atoms with Crippen LogP contribution in [0.4, 0.5) is 0 Å². The van der Waals surface area contributed by atoms with Gasteiger partial charge in [0.1, 0.15) is 11.4 Å². The van der Waals surface area contributed by atoms with E-state index in [-0.39, 0.29) is 5.56 Å². The normalized spacial score (nSPS) is 19.4. The van der Waals surface area contributed by atoms with E-state index in [0.717, 1.165) is 18.0 Å². The molecule has 3 heterocycles. The maximum absolute atomic E-state index is 11.1. The number of aromatic carboxylic acids is 1. The Morgan fingerprint density at radius 2 is 2.44 bits per heavy atom. The fourth-order valence-corrected chi connectivity index (χ4v) is 3.56. The molecule has 2 aromatic rings. The lowest BCUT2D eigenvalue weighted by atomic mass is 10.1. The number of carboxylic acids is 1. The first-order valence-corrected chi connectivity index (χ1v) is 7.05. The number of nitrogens with zero attached hydrogens (tertiary/aromatic N) is 3. The average Bonchev–Trinajstić information content (AvgIpc) is 2.99. The number of fused-ring (bicyclic) bond motifs is 1. The Morgan fingerprint density at radius 1 is 1.56 bits per heavy atom. The van der Waals surface area contributed by atoms with E-state index in [1.165, 1.54) is 12.2 Å². The lowest BCUT2D eigenvalue weighted by Gasteiger charge is -2.06. The van der Waals surface area contributed by atoms with Crippen molar-refractivity contribution in [1.29, 1.82) is 0 Å². The molecule has 0 spiro atoms. The molecule has 1 saturated heterocycles. The SMILES string of the molecule is O=C(O)c1cccn2c(CC3CCSC3)nnc12. The molecule has 0 radical (unpaired) electrons. The number of carbonyl (C=O) groups is 1. The van der Waals surface area contributed by atoms with Gasteiger partial charge in [0, 0.05) is 12.6 Å². The van der Waals surface area contributed by atoms with Crippen molar-refractivity contribution in [3.63, 3.8) is 0 Å². The molecule has 1 unspecified atom stereocenters. The minimum absolute atomic E-state index is 0.206. The predicted octanol–water partition coefficient (Wildman–Crippen LogP) is 1.72. The Labute approximate surface area is 108 Å². The Morgan fingerprint density at radius 3 is 3.17 bits per heavy atom. The molecule has 0 aromatic carbocycles. The molecule has 1 N–H and O–H groups in total. The summed E-state index contributed by atoms with van der Waals surface area (Å²) in [6, 6.07) is 3.29. The van der Waals surface area contributed by atoms with Gasteiger partial charge in [0.2, 0.25) is 0 Å². The number of thioether (sulfide) groups is 1. The lowest BCUT2D eigenvalue weighted by molar-refractivity contribution is 0.0698. The van der Waals surface area contributed by atoms with Crippen LogP contribution < -0.4 is 0 Å². The van der Waals surface area contributed by atoms with Crippen molar-refractivity contribution < 1.29 is 9.90 Å². The van der Waals surface area contributed by atoms with Gasteiger partial charge in [-0.1, -0.05) is 0 Å². The smallest absolute Gasteiger partial charge is 0.339 e. The van der Waals surface area contributed by atoms with Crippen LogP contribution in [0.25, 0.3) is 5.65 Å². The van der Waals surface area contributed by atoms with Crippen LogP contribution in [0.1, 0.15) is 22.6 Å². The van der Waals surface area contributed by atoms with E-state index in [2.05, 4.69) is 10.2 Å². The molecule has 1 atom stereocenters. The number of rotatable bonds is 3. The van der Waals surface area contributed by atoms with E-state index in [1.807, 2.05) is 18.0 Å². The third-order valence-corrected chi connectivity index (χ3v) is 4.46. The summed E-state index contributed by atoms with van der Waals surface area (Å²) in [6.45, 7) is 0. The van der Waals surface area contributed by atoms with Crippen molar-refractivity contribution in [1.82, 2.24) is 14.6 Å². The molecule has 1 aliphatic heterocycles. The maximum Gasteiger partial charge on any atom is 0.339 e. The Hall–Kier alpha value is -1.56. The molecule has 2 aromatic heterocycles. The number of hydrogen-bond acceptors (Lipinski definition) is 4. The molecule has 0 saturated carbocycles. The number of hydrogen-bond donors (Lipinski definition) is 1. The molecule has 1 fully saturated rings. The molecular formula is C12H13N3O2S. The van der Waals surface area contributed by atoms with Gasteiger partial charge in [0.25, 0.3) is 0 Å². The van der Waals surface area contributed by atoms with E-state index >= 15 is 0 Å². The fraction of sp³-hybridized carbons (Fsp3) is 0.417. The van der Waals surface area contributed by atoms with Crippen molar-refractivity contribution in [2.75, 3.05) is 11.5 Å². The van der Waals surface area contributed by atoms with Crippen LogP contribution in [0, 0.1) is 5.92 Å². The van der Waals surface area contributed by atoms with Gasteiger partial charge >= 0.3 is 5.97 Å². The summed E-state index contributed by atoms with van der Waals surface area (Å²) in [7, 11) is 0. The minimum atomic E-state index is -0.962. The second-order valence-electron chi connectivity index (χ2n) is 4.47. The lowest BCUT2D eigenvalue weighted by Crippen LogP contribution is -2.07. The quantitative estimate of drug-likeness (QED) is 0.913. The molecule has 0 amide bonds. The van der Waals surface area contributed by atoms with Gasteiger partial charge < -0.3 is 5.11 Å². The molecule has 0 bridgehead atoms. The Kier molecular flexibility index (Phi) is 2.95. The standard InChI is InChI=1S/C12H13N3O2S/c16-12(17)9-2-1-4-15-10(13-14-11(9)15)6-8-3-5-18-7-8/h1-2,4,8H,3,5-7H2,(H,16,17). The number of carboxylic acid groups (broad SMARTS) is 1. The topological polar surface area (TPSA) is 67.5 Å². The van der Waals surface area contributed by atoms with Crippen LogP contribution in [-0.2, 0) is 6.42 Å². The van der Waals surface area contributed by atoms with Crippen molar-refractivity contribution in [3.05, 3.63) is 29.7 Å². The van der Waals surface area contributed by atoms with Crippen molar-refractivity contribution in [2.24, 2.45) is 5.92 Å². The van der Waals surface area contributed by atoms with Crippen LogP contribution >= 0.6 is 11.8 Å². The number of aromatic nitrogens is 3. The summed E-state index contributed by atoms with van der Waals surface area (Å²) in [5.41, 5.74) is 0.641. The maximum atomic E-state index is 11.1. The summed E-state index contributed by atoms with van der Waals surface area (Å²) >= 11 is 1.97. The first kappa shape index (κ1) is 11.5. The highest BCUT2D eigenvalue weighted by Gasteiger charge is 2.20. The third-order valence-electron chi connectivity index (χ3n) is 3.23. The van der Waals surface area contributed by atoms with Crippen molar-refractivity contribution in [3.8, 4) is 0 Å². The second kappa shape index (κ2) is 4.61. The predicted molar refractivity (Wildman–Crippen MR) is 69.1 cm³/mol. The highest BCUT2D eigenvalue weighted by atomic mass is 32.2. The zero-order chi connectivity index (χ0) is 12.5. The summed E-state index contributed by atoms with van der Waals surface area (Å²) in [6.07, 6.45) is 3.91. The van der Waals surface area contributed by atoms with Crippen molar-refractivity contribution >= 4 is 23.4 Å². The van der Waals surface area contributed by atoms with Gasteiger partial charge in [-0.15, -0.1) is 10.2 Å². The van der Waals surface area contributed by atoms with Crippen molar-refractivity contribution in [2.45, 2.75) is 12.8 Å². The van der Waals surface area contributed by atoms with Gasteiger partial charge in [-0.3, -0.25) is 4.40 Å². The highest BCUT2D eigenvalue weighted by Crippen LogP contribution is 2.26. The van der Waals surface area contributed by atoms with Gasteiger partial charge in [-0.25, -0.2) is 4.79 Å². The second-order valence-corrected chi connectivity index (χ2v) is 5.62.